The Hall–Kier alpha value is -3.60. The van der Waals surface area contributed by atoms with Crippen molar-refractivity contribution in [2.75, 3.05) is 19.7 Å². The zero-order valence-corrected chi connectivity index (χ0v) is 21.4. The SMILES string of the molecule is O=C(O)COc1cccc(CCCN(CCC(c2ccccc2)c2ccccc2)C(=O)C2CCCC2)c1. The molecule has 0 aromatic heterocycles. The highest BCUT2D eigenvalue weighted by atomic mass is 16.5. The van der Waals surface area contributed by atoms with Gasteiger partial charge >= 0.3 is 5.97 Å². The normalized spacial score (nSPS) is 13.5. The second-order valence-electron chi connectivity index (χ2n) is 9.90. The molecule has 1 amide bonds. The fraction of sp³-hybridized carbons (Fsp3) is 0.375. The number of aryl methyl sites for hydroxylation is 1. The highest BCUT2D eigenvalue weighted by Gasteiger charge is 2.28. The Balaban J connectivity index is 1.42. The van der Waals surface area contributed by atoms with Crippen LogP contribution in [0.15, 0.2) is 84.9 Å². The van der Waals surface area contributed by atoms with E-state index in [1.165, 1.54) is 11.1 Å². The molecule has 1 aliphatic carbocycles. The molecule has 4 rings (SSSR count). The maximum absolute atomic E-state index is 13.5. The minimum atomic E-state index is -0.990. The van der Waals surface area contributed by atoms with E-state index in [0.29, 0.717) is 18.2 Å². The van der Waals surface area contributed by atoms with Crippen LogP contribution in [0.4, 0.5) is 0 Å². The van der Waals surface area contributed by atoms with Gasteiger partial charge in [-0.15, -0.1) is 0 Å². The van der Waals surface area contributed by atoms with Gasteiger partial charge in [-0.25, -0.2) is 4.79 Å². The largest absolute Gasteiger partial charge is 0.482 e. The first kappa shape index (κ1) is 26.5. The van der Waals surface area contributed by atoms with Crippen molar-refractivity contribution in [3.05, 3.63) is 102 Å². The molecule has 1 aliphatic rings. The fourth-order valence-electron chi connectivity index (χ4n) is 5.35. The Morgan fingerprint density at radius 3 is 2.14 bits per heavy atom. The number of carboxylic acid groups (broad SMARTS) is 1. The number of benzene rings is 3. The molecule has 37 heavy (non-hydrogen) atoms. The van der Waals surface area contributed by atoms with Gasteiger partial charge in [0, 0.05) is 24.9 Å². The quantitative estimate of drug-likeness (QED) is 0.299. The van der Waals surface area contributed by atoms with Crippen molar-refractivity contribution in [2.24, 2.45) is 5.92 Å². The summed E-state index contributed by atoms with van der Waals surface area (Å²) in [6.07, 6.45) is 6.82. The third-order valence-corrected chi connectivity index (χ3v) is 7.26. The van der Waals surface area contributed by atoms with E-state index in [1.807, 2.05) is 30.3 Å². The lowest BCUT2D eigenvalue weighted by Gasteiger charge is -2.28. The van der Waals surface area contributed by atoms with Crippen molar-refractivity contribution < 1.29 is 19.4 Å². The summed E-state index contributed by atoms with van der Waals surface area (Å²) >= 11 is 0. The minimum absolute atomic E-state index is 0.152. The van der Waals surface area contributed by atoms with Crippen molar-refractivity contribution in [1.29, 1.82) is 0 Å². The molecule has 1 saturated carbocycles. The van der Waals surface area contributed by atoms with Crippen LogP contribution in [0.5, 0.6) is 5.75 Å². The fourth-order valence-corrected chi connectivity index (χ4v) is 5.35. The third kappa shape index (κ3) is 7.94. The number of aliphatic carboxylic acids is 1. The van der Waals surface area contributed by atoms with Crippen molar-refractivity contribution in [3.8, 4) is 5.75 Å². The number of carbonyl (C=O) groups is 2. The Morgan fingerprint density at radius 1 is 0.865 bits per heavy atom. The number of ether oxygens (including phenoxy) is 1. The van der Waals surface area contributed by atoms with E-state index < -0.39 is 5.97 Å². The average molecular weight is 500 g/mol. The molecule has 0 bridgehead atoms. The first-order chi connectivity index (χ1) is 18.1. The van der Waals surface area contributed by atoms with E-state index in [1.54, 1.807) is 6.07 Å². The maximum Gasteiger partial charge on any atom is 0.341 e. The predicted octanol–water partition coefficient (Wildman–Crippen LogP) is 6.32. The second kappa shape index (κ2) is 13.6. The molecule has 5 heteroatoms. The van der Waals surface area contributed by atoms with Crippen LogP contribution >= 0.6 is 0 Å². The third-order valence-electron chi connectivity index (χ3n) is 7.26. The van der Waals surface area contributed by atoms with Gasteiger partial charge in [0.05, 0.1) is 0 Å². The number of carbonyl (C=O) groups excluding carboxylic acids is 1. The van der Waals surface area contributed by atoms with Crippen LogP contribution in [-0.2, 0) is 16.0 Å². The molecular weight excluding hydrogens is 462 g/mol. The zero-order valence-electron chi connectivity index (χ0n) is 21.4. The molecule has 1 N–H and O–H groups in total. The van der Waals surface area contributed by atoms with Gasteiger partial charge in [-0.3, -0.25) is 4.79 Å². The van der Waals surface area contributed by atoms with E-state index in [-0.39, 0.29) is 18.4 Å². The molecule has 0 radical (unpaired) electrons. The first-order valence-corrected chi connectivity index (χ1v) is 13.4. The molecule has 0 saturated heterocycles. The molecule has 0 spiro atoms. The summed E-state index contributed by atoms with van der Waals surface area (Å²) in [4.78, 5) is 26.4. The molecule has 0 unspecified atom stereocenters. The molecule has 0 aliphatic heterocycles. The van der Waals surface area contributed by atoms with Gasteiger partial charge in [-0.1, -0.05) is 85.6 Å². The molecule has 5 nitrogen and oxygen atoms in total. The van der Waals surface area contributed by atoms with Gasteiger partial charge in [0.15, 0.2) is 6.61 Å². The smallest absolute Gasteiger partial charge is 0.341 e. The highest BCUT2D eigenvalue weighted by molar-refractivity contribution is 5.79. The van der Waals surface area contributed by atoms with Crippen LogP contribution in [0.3, 0.4) is 0 Å². The lowest BCUT2D eigenvalue weighted by Crippen LogP contribution is -2.37. The summed E-state index contributed by atoms with van der Waals surface area (Å²) in [6, 6.07) is 28.7. The Kier molecular flexibility index (Phi) is 9.75. The summed E-state index contributed by atoms with van der Waals surface area (Å²) in [5, 5.41) is 8.86. The summed E-state index contributed by atoms with van der Waals surface area (Å²) in [7, 11) is 0. The van der Waals surface area contributed by atoms with Gasteiger partial charge < -0.3 is 14.7 Å². The average Bonchev–Trinajstić information content (AvgIpc) is 3.47. The Bertz CT molecular complexity index is 1090. The molecule has 1 fully saturated rings. The molecule has 3 aromatic rings. The van der Waals surface area contributed by atoms with Crippen LogP contribution in [0.2, 0.25) is 0 Å². The van der Waals surface area contributed by atoms with E-state index in [4.69, 9.17) is 9.84 Å². The predicted molar refractivity (Wildman–Crippen MR) is 146 cm³/mol. The van der Waals surface area contributed by atoms with E-state index in [9.17, 15) is 9.59 Å². The van der Waals surface area contributed by atoms with Crippen LogP contribution in [0, 0.1) is 5.92 Å². The molecule has 194 valence electrons. The standard InChI is InChI=1S/C32H37NO4/c34-31(35)24-37-29-19-9-11-25(23-29)12-10-21-33(32(36)28-17-7-8-18-28)22-20-30(26-13-3-1-4-14-26)27-15-5-2-6-16-27/h1-6,9,11,13-16,19,23,28,30H,7-8,10,12,17-18,20-22,24H2,(H,34,35). The summed E-state index contributed by atoms with van der Waals surface area (Å²) in [6.45, 7) is 1.09. The molecule has 0 heterocycles. The van der Waals surface area contributed by atoms with Crippen molar-refractivity contribution >= 4 is 11.9 Å². The zero-order chi connectivity index (χ0) is 25.9. The summed E-state index contributed by atoms with van der Waals surface area (Å²) < 4.78 is 5.33. The van der Waals surface area contributed by atoms with Gasteiger partial charge in [-0.05, 0) is 60.9 Å². The summed E-state index contributed by atoms with van der Waals surface area (Å²) in [5.74, 6) is 0.267. The van der Waals surface area contributed by atoms with Crippen LogP contribution in [-0.4, -0.2) is 41.6 Å². The molecular formula is C32H37NO4. The number of hydrogen-bond donors (Lipinski definition) is 1. The number of nitrogens with zero attached hydrogens (tertiary/aromatic N) is 1. The minimum Gasteiger partial charge on any atom is -0.482 e. The highest BCUT2D eigenvalue weighted by Crippen LogP contribution is 2.30. The van der Waals surface area contributed by atoms with E-state index >= 15 is 0 Å². The second-order valence-corrected chi connectivity index (χ2v) is 9.90. The number of rotatable bonds is 13. The lowest BCUT2D eigenvalue weighted by molar-refractivity contribution is -0.139. The van der Waals surface area contributed by atoms with E-state index in [0.717, 1.165) is 57.1 Å². The number of hydrogen-bond acceptors (Lipinski definition) is 3. The monoisotopic (exact) mass is 499 g/mol. The Morgan fingerprint density at radius 2 is 1.51 bits per heavy atom. The van der Waals surface area contributed by atoms with Gasteiger partial charge in [0.25, 0.3) is 0 Å². The van der Waals surface area contributed by atoms with Crippen molar-refractivity contribution in [2.45, 2.75) is 50.9 Å². The van der Waals surface area contributed by atoms with Crippen LogP contribution < -0.4 is 4.74 Å². The van der Waals surface area contributed by atoms with Crippen molar-refractivity contribution in [3.63, 3.8) is 0 Å². The van der Waals surface area contributed by atoms with Crippen LogP contribution in [0.1, 0.15) is 61.1 Å². The lowest BCUT2D eigenvalue weighted by atomic mass is 9.88. The number of carboxylic acids is 1. The van der Waals surface area contributed by atoms with Gasteiger partial charge in [-0.2, -0.15) is 0 Å². The maximum atomic E-state index is 13.5. The van der Waals surface area contributed by atoms with Crippen molar-refractivity contribution in [1.82, 2.24) is 4.90 Å². The van der Waals surface area contributed by atoms with E-state index in [2.05, 4.69) is 53.4 Å². The summed E-state index contributed by atoms with van der Waals surface area (Å²) in [5.41, 5.74) is 3.64. The first-order valence-electron chi connectivity index (χ1n) is 13.4. The number of amides is 1. The topological polar surface area (TPSA) is 66.8 Å². The Labute approximate surface area is 220 Å². The van der Waals surface area contributed by atoms with Gasteiger partial charge in [0.2, 0.25) is 5.91 Å². The molecule has 3 aromatic carbocycles. The van der Waals surface area contributed by atoms with Crippen LogP contribution in [0.25, 0.3) is 0 Å². The molecule has 0 atom stereocenters. The van der Waals surface area contributed by atoms with Gasteiger partial charge in [0.1, 0.15) is 5.75 Å².